The number of hydrogen-bond acceptors (Lipinski definition) is 6. The van der Waals surface area contributed by atoms with Crippen molar-refractivity contribution in [1.29, 1.82) is 0 Å². The van der Waals surface area contributed by atoms with Crippen LogP contribution in [0.1, 0.15) is 28.8 Å². The number of aromatic nitrogens is 2. The van der Waals surface area contributed by atoms with Gasteiger partial charge >= 0.3 is 0 Å². The second-order valence-corrected chi connectivity index (χ2v) is 9.78. The van der Waals surface area contributed by atoms with Crippen molar-refractivity contribution >= 4 is 45.4 Å². The maximum Gasteiger partial charge on any atom is 0.267 e. The van der Waals surface area contributed by atoms with Crippen LogP contribution in [0, 0.1) is 0 Å². The molecule has 8 heteroatoms. The van der Waals surface area contributed by atoms with Crippen LogP contribution >= 0.6 is 23.1 Å². The zero-order valence-corrected chi connectivity index (χ0v) is 19.5. The molecule has 2 heterocycles. The van der Waals surface area contributed by atoms with Gasteiger partial charge in [-0.2, -0.15) is 5.10 Å². The van der Waals surface area contributed by atoms with Crippen LogP contribution in [0.15, 0.2) is 75.7 Å². The van der Waals surface area contributed by atoms with E-state index in [1.165, 1.54) is 16.6 Å². The molecule has 33 heavy (non-hydrogen) atoms. The van der Waals surface area contributed by atoms with Gasteiger partial charge in [-0.1, -0.05) is 60.3 Å². The summed E-state index contributed by atoms with van der Waals surface area (Å²) in [5.41, 5.74) is 5.30. The second kappa shape index (κ2) is 9.72. The van der Waals surface area contributed by atoms with E-state index in [0.717, 1.165) is 52.7 Å². The molecule has 0 spiro atoms. The summed E-state index contributed by atoms with van der Waals surface area (Å²) in [6, 6.07) is 19.0. The number of amides is 1. The summed E-state index contributed by atoms with van der Waals surface area (Å²) in [4.78, 5) is 32.9. The molecule has 4 aromatic rings. The van der Waals surface area contributed by atoms with Crippen LogP contribution in [-0.4, -0.2) is 27.4 Å². The summed E-state index contributed by atoms with van der Waals surface area (Å²) in [6.07, 6.45) is 5.78. The first-order chi connectivity index (χ1) is 16.2. The minimum absolute atomic E-state index is 0.0596. The average Bonchev–Trinajstić information content (AvgIpc) is 3.23. The van der Waals surface area contributed by atoms with Crippen LogP contribution in [0.4, 0.5) is 0 Å². The molecule has 2 aromatic carbocycles. The van der Waals surface area contributed by atoms with Gasteiger partial charge in [0.1, 0.15) is 4.83 Å². The first kappa shape index (κ1) is 21.6. The molecule has 5 rings (SSSR count). The number of benzene rings is 2. The van der Waals surface area contributed by atoms with E-state index in [2.05, 4.69) is 10.5 Å². The topological polar surface area (TPSA) is 76.3 Å². The van der Waals surface area contributed by atoms with Crippen molar-refractivity contribution < 1.29 is 4.79 Å². The number of carbonyl (C=O) groups is 1. The SMILES string of the molecule is O=C(CSc1nc2sc3c(c2c(=O)n1-c1ccccc1)CCCC3)N/N=C/c1ccccc1. The molecule has 0 saturated carbocycles. The quantitative estimate of drug-likeness (QED) is 0.192. The van der Waals surface area contributed by atoms with Crippen LogP contribution in [0.2, 0.25) is 0 Å². The number of thioether (sulfide) groups is 1. The van der Waals surface area contributed by atoms with Gasteiger partial charge in [-0.05, 0) is 48.9 Å². The van der Waals surface area contributed by atoms with E-state index in [1.807, 2.05) is 60.7 Å². The third-order valence-electron chi connectivity index (χ3n) is 5.51. The van der Waals surface area contributed by atoms with Gasteiger partial charge in [0.2, 0.25) is 0 Å². The lowest BCUT2D eigenvalue weighted by Gasteiger charge is -2.13. The molecule has 2 aromatic heterocycles. The zero-order valence-electron chi connectivity index (χ0n) is 17.9. The Labute approximate surface area is 199 Å². The molecule has 0 saturated heterocycles. The molecule has 1 aliphatic carbocycles. The van der Waals surface area contributed by atoms with E-state index in [0.29, 0.717) is 5.16 Å². The molecule has 166 valence electrons. The molecular formula is C25H22N4O2S2. The highest BCUT2D eigenvalue weighted by atomic mass is 32.2. The van der Waals surface area contributed by atoms with Gasteiger partial charge in [0.15, 0.2) is 5.16 Å². The van der Waals surface area contributed by atoms with Crippen molar-refractivity contribution in [1.82, 2.24) is 15.0 Å². The first-order valence-corrected chi connectivity index (χ1v) is 12.6. The number of nitrogens with one attached hydrogen (secondary N) is 1. The van der Waals surface area contributed by atoms with E-state index in [1.54, 1.807) is 22.1 Å². The van der Waals surface area contributed by atoms with Crippen molar-refractivity contribution in [3.8, 4) is 5.69 Å². The predicted molar refractivity (Wildman–Crippen MR) is 135 cm³/mol. The standard InChI is InChI=1S/C25H22N4O2S2/c30-21(28-26-15-17-9-3-1-4-10-17)16-32-25-27-23-22(19-13-7-8-14-20(19)33-23)24(31)29(25)18-11-5-2-6-12-18/h1-6,9-12,15H,7-8,13-14,16H2,(H,28,30)/b26-15+. The van der Waals surface area contributed by atoms with Gasteiger partial charge in [0.25, 0.3) is 11.5 Å². The summed E-state index contributed by atoms with van der Waals surface area (Å²) in [5.74, 6) is -0.159. The summed E-state index contributed by atoms with van der Waals surface area (Å²) < 4.78 is 1.63. The molecule has 1 aliphatic rings. The molecular weight excluding hydrogens is 452 g/mol. The van der Waals surface area contributed by atoms with Crippen LogP contribution in [-0.2, 0) is 17.6 Å². The fourth-order valence-corrected chi connectivity index (χ4v) is 6.08. The Bertz CT molecular complexity index is 1380. The number of rotatable bonds is 6. The fourth-order valence-electron chi connectivity index (χ4n) is 3.97. The monoisotopic (exact) mass is 474 g/mol. The number of carbonyl (C=O) groups excluding carboxylic acids is 1. The largest absolute Gasteiger partial charge is 0.272 e. The normalized spacial score (nSPS) is 13.3. The van der Waals surface area contributed by atoms with Crippen LogP contribution < -0.4 is 11.0 Å². The third kappa shape index (κ3) is 4.62. The number of hydrogen-bond donors (Lipinski definition) is 1. The number of nitrogens with zero attached hydrogens (tertiary/aromatic N) is 3. The van der Waals surface area contributed by atoms with E-state index in [9.17, 15) is 9.59 Å². The molecule has 0 atom stereocenters. The number of thiophene rings is 1. The maximum absolute atomic E-state index is 13.6. The first-order valence-electron chi connectivity index (χ1n) is 10.8. The lowest BCUT2D eigenvalue weighted by atomic mass is 9.97. The zero-order chi connectivity index (χ0) is 22.6. The Morgan fingerprint density at radius 1 is 1.09 bits per heavy atom. The minimum Gasteiger partial charge on any atom is -0.272 e. The molecule has 6 nitrogen and oxygen atoms in total. The summed E-state index contributed by atoms with van der Waals surface area (Å²) in [6.45, 7) is 0. The van der Waals surface area contributed by atoms with Gasteiger partial charge in [-0.3, -0.25) is 14.2 Å². The van der Waals surface area contributed by atoms with Crippen LogP contribution in [0.5, 0.6) is 0 Å². The van der Waals surface area contributed by atoms with Crippen molar-refractivity contribution in [3.05, 3.63) is 87.0 Å². The smallest absolute Gasteiger partial charge is 0.267 e. The lowest BCUT2D eigenvalue weighted by molar-refractivity contribution is -0.118. The van der Waals surface area contributed by atoms with Crippen molar-refractivity contribution in [2.45, 2.75) is 30.8 Å². The molecule has 0 radical (unpaired) electrons. The molecule has 0 fully saturated rings. The molecule has 0 bridgehead atoms. The summed E-state index contributed by atoms with van der Waals surface area (Å²) in [5, 5.41) is 5.27. The van der Waals surface area contributed by atoms with Gasteiger partial charge in [-0.15, -0.1) is 11.3 Å². The fraction of sp³-hybridized carbons (Fsp3) is 0.200. The van der Waals surface area contributed by atoms with E-state index in [4.69, 9.17) is 4.98 Å². The maximum atomic E-state index is 13.6. The van der Waals surface area contributed by atoms with Gasteiger partial charge in [-0.25, -0.2) is 10.4 Å². The average molecular weight is 475 g/mol. The van der Waals surface area contributed by atoms with Crippen molar-refractivity contribution in [2.24, 2.45) is 5.10 Å². The molecule has 1 N–H and O–H groups in total. The molecule has 0 aliphatic heterocycles. The number of fused-ring (bicyclic) bond motifs is 3. The number of hydrazone groups is 1. The molecule has 1 amide bonds. The van der Waals surface area contributed by atoms with E-state index in [-0.39, 0.29) is 17.2 Å². The third-order valence-corrected chi connectivity index (χ3v) is 7.63. The lowest BCUT2D eigenvalue weighted by Crippen LogP contribution is -2.24. The summed E-state index contributed by atoms with van der Waals surface area (Å²) in [7, 11) is 0. The Kier molecular flexibility index (Phi) is 6.37. The minimum atomic E-state index is -0.258. The Hall–Kier alpha value is -3.23. The highest BCUT2D eigenvalue weighted by Gasteiger charge is 2.23. The van der Waals surface area contributed by atoms with Gasteiger partial charge in [0.05, 0.1) is 23.0 Å². The summed E-state index contributed by atoms with van der Waals surface area (Å²) >= 11 is 2.86. The van der Waals surface area contributed by atoms with E-state index >= 15 is 0 Å². The van der Waals surface area contributed by atoms with Crippen LogP contribution in [0.25, 0.3) is 15.9 Å². The van der Waals surface area contributed by atoms with Crippen molar-refractivity contribution in [3.63, 3.8) is 0 Å². The Morgan fingerprint density at radius 2 is 1.82 bits per heavy atom. The van der Waals surface area contributed by atoms with Crippen molar-refractivity contribution in [2.75, 3.05) is 5.75 Å². The van der Waals surface area contributed by atoms with Gasteiger partial charge < -0.3 is 0 Å². The highest BCUT2D eigenvalue weighted by molar-refractivity contribution is 7.99. The Balaban J connectivity index is 1.44. The van der Waals surface area contributed by atoms with Crippen LogP contribution in [0.3, 0.4) is 0 Å². The number of para-hydroxylation sites is 1. The molecule has 0 unspecified atom stereocenters. The predicted octanol–water partition coefficient (Wildman–Crippen LogP) is 4.57. The highest BCUT2D eigenvalue weighted by Crippen LogP contribution is 2.35. The van der Waals surface area contributed by atoms with Gasteiger partial charge in [0, 0.05) is 4.88 Å². The van der Waals surface area contributed by atoms with E-state index < -0.39 is 0 Å². The number of aryl methyl sites for hydroxylation is 2. The second-order valence-electron chi connectivity index (χ2n) is 7.75. The Morgan fingerprint density at radius 3 is 2.61 bits per heavy atom.